The molecule has 1 amide bonds. The van der Waals surface area contributed by atoms with Gasteiger partial charge in [0, 0.05) is 29.5 Å². The number of fused-ring (bicyclic) bond motifs is 1. The fourth-order valence-electron chi connectivity index (χ4n) is 3.07. The lowest BCUT2D eigenvalue weighted by Crippen LogP contribution is -2.30. The van der Waals surface area contributed by atoms with Crippen LogP contribution in [-0.2, 0) is 6.42 Å². The van der Waals surface area contributed by atoms with Gasteiger partial charge in [-0.2, -0.15) is 5.10 Å². The van der Waals surface area contributed by atoms with E-state index in [9.17, 15) is 4.79 Å². The zero-order valence-electron chi connectivity index (χ0n) is 15.7. The highest BCUT2D eigenvalue weighted by molar-refractivity contribution is 6.06. The molecule has 4 N–H and O–H groups in total. The lowest BCUT2D eigenvalue weighted by Gasteiger charge is -2.15. The van der Waals surface area contributed by atoms with Crippen LogP contribution in [0.4, 0.5) is 5.69 Å². The number of benzene rings is 2. The number of H-pyrrole nitrogens is 1. The number of aromatic amines is 1. The molecular weight excluding hydrogens is 366 g/mol. The Kier molecular flexibility index (Phi) is 5.49. The summed E-state index contributed by atoms with van der Waals surface area (Å²) in [5, 5.41) is 10.7. The molecular formula is C22H21N5O2. The molecule has 0 fully saturated rings. The number of hydrogen-bond donors (Lipinski definition) is 3. The fraction of sp³-hybridized carbons (Fsp3) is 0.136. The number of nitrogens with zero attached hydrogens (tertiary/aromatic N) is 2. The number of hydrogen-bond acceptors (Lipinski definition) is 5. The summed E-state index contributed by atoms with van der Waals surface area (Å²) in [5.41, 5.74) is 9.26. The van der Waals surface area contributed by atoms with Gasteiger partial charge in [-0.1, -0.05) is 30.3 Å². The number of ether oxygens (including phenoxy) is 1. The smallest absolute Gasteiger partial charge is 0.261 e. The summed E-state index contributed by atoms with van der Waals surface area (Å²) in [7, 11) is 0. The van der Waals surface area contributed by atoms with Crippen LogP contribution in [-0.4, -0.2) is 33.7 Å². The van der Waals surface area contributed by atoms with Crippen molar-refractivity contribution in [2.45, 2.75) is 12.5 Å². The van der Waals surface area contributed by atoms with Gasteiger partial charge in [-0.05, 0) is 36.2 Å². The van der Waals surface area contributed by atoms with E-state index in [1.807, 2.05) is 48.5 Å². The Morgan fingerprint density at radius 3 is 2.86 bits per heavy atom. The third kappa shape index (κ3) is 4.59. The van der Waals surface area contributed by atoms with Crippen molar-refractivity contribution < 1.29 is 9.53 Å². The van der Waals surface area contributed by atoms with Crippen LogP contribution in [0.5, 0.6) is 5.75 Å². The zero-order valence-corrected chi connectivity index (χ0v) is 15.7. The molecule has 7 nitrogen and oxygen atoms in total. The van der Waals surface area contributed by atoms with Crippen molar-refractivity contribution in [3.8, 4) is 5.75 Å². The second-order valence-corrected chi connectivity index (χ2v) is 6.76. The molecule has 29 heavy (non-hydrogen) atoms. The molecule has 1 atom stereocenters. The highest BCUT2D eigenvalue weighted by atomic mass is 16.5. The molecule has 0 spiro atoms. The van der Waals surface area contributed by atoms with Gasteiger partial charge < -0.3 is 15.8 Å². The van der Waals surface area contributed by atoms with Crippen molar-refractivity contribution in [2.75, 3.05) is 11.9 Å². The fourth-order valence-corrected chi connectivity index (χ4v) is 3.07. The predicted molar refractivity (Wildman–Crippen MR) is 112 cm³/mol. The first-order chi connectivity index (χ1) is 14.2. The van der Waals surface area contributed by atoms with Crippen LogP contribution < -0.4 is 15.8 Å². The second-order valence-electron chi connectivity index (χ2n) is 6.76. The average molecular weight is 387 g/mol. The van der Waals surface area contributed by atoms with Gasteiger partial charge in [-0.3, -0.25) is 14.9 Å². The molecule has 0 aliphatic rings. The zero-order chi connectivity index (χ0) is 20.1. The molecule has 0 saturated heterocycles. The van der Waals surface area contributed by atoms with Crippen molar-refractivity contribution in [1.82, 2.24) is 15.2 Å². The van der Waals surface area contributed by atoms with E-state index in [1.54, 1.807) is 18.5 Å². The third-order valence-corrected chi connectivity index (χ3v) is 4.52. The number of carbonyl (C=O) groups excluding carboxylic acids is 1. The second kappa shape index (κ2) is 8.53. The van der Waals surface area contributed by atoms with Gasteiger partial charge in [-0.15, -0.1) is 0 Å². The Balaban J connectivity index is 1.42. The van der Waals surface area contributed by atoms with E-state index >= 15 is 0 Å². The lowest BCUT2D eigenvalue weighted by atomic mass is 10.1. The highest BCUT2D eigenvalue weighted by Crippen LogP contribution is 2.21. The molecule has 0 saturated carbocycles. The topological polar surface area (TPSA) is 106 Å². The molecule has 4 rings (SSSR count). The van der Waals surface area contributed by atoms with Crippen molar-refractivity contribution in [3.63, 3.8) is 0 Å². The average Bonchev–Trinajstić information content (AvgIpc) is 3.21. The van der Waals surface area contributed by atoms with E-state index in [0.717, 1.165) is 16.5 Å². The first-order valence-corrected chi connectivity index (χ1v) is 9.30. The minimum Gasteiger partial charge on any atom is -0.491 e. The normalized spacial score (nSPS) is 11.9. The standard InChI is InChI=1S/C22H21N5O2/c23-17(10-15-4-2-1-3-5-15)14-29-21-8-9-24-13-19(21)22(28)26-18-6-7-20-16(11-18)12-25-27-20/h1-9,11-13,17H,10,14,23H2,(H,25,27)(H,26,28)/t17-/m0/s1. The van der Waals surface area contributed by atoms with Crippen molar-refractivity contribution in [2.24, 2.45) is 5.73 Å². The first kappa shape index (κ1) is 18.6. The van der Waals surface area contributed by atoms with E-state index in [2.05, 4.69) is 20.5 Å². The highest BCUT2D eigenvalue weighted by Gasteiger charge is 2.15. The van der Waals surface area contributed by atoms with Gasteiger partial charge in [0.2, 0.25) is 0 Å². The minimum absolute atomic E-state index is 0.190. The van der Waals surface area contributed by atoms with Gasteiger partial charge in [-0.25, -0.2) is 0 Å². The quantitative estimate of drug-likeness (QED) is 0.452. The molecule has 2 aromatic carbocycles. The first-order valence-electron chi connectivity index (χ1n) is 9.30. The maximum atomic E-state index is 12.8. The lowest BCUT2D eigenvalue weighted by molar-refractivity contribution is 0.102. The number of pyridine rings is 1. The molecule has 0 aliphatic heterocycles. The Hall–Kier alpha value is -3.71. The number of aromatic nitrogens is 3. The Morgan fingerprint density at radius 1 is 1.14 bits per heavy atom. The molecule has 0 bridgehead atoms. The van der Waals surface area contributed by atoms with E-state index in [4.69, 9.17) is 10.5 Å². The Labute approximate surface area is 167 Å². The molecule has 0 aliphatic carbocycles. The summed E-state index contributed by atoms with van der Waals surface area (Å²) in [4.78, 5) is 16.8. The van der Waals surface area contributed by atoms with Gasteiger partial charge in [0.1, 0.15) is 12.4 Å². The molecule has 0 unspecified atom stereocenters. The summed E-state index contributed by atoms with van der Waals surface area (Å²) in [6, 6.07) is 17.0. The number of rotatable bonds is 7. The summed E-state index contributed by atoms with van der Waals surface area (Å²) in [5.74, 6) is 0.151. The van der Waals surface area contributed by atoms with E-state index in [0.29, 0.717) is 30.0 Å². The summed E-state index contributed by atoms with van der Waals surface area (Å²) in [6.45, 7) is 0.292. The minimum atomic E-state index is -0.299. The maximum absolute atomic E-state index is 12.8. The number of nitrogens with two attached hydrogens (primary N) is 1. The van der Waals surface area contributed by atoms with E-state index in [-0.39, 0.29) is 11.9 Å². The number of anilines is 1. The third-order valence-electron chi connectivity index (χ3n) is 4.52. The monoisotopic (exact) mass is 387 g/mol. The van der Waals surface area contributed by atoms with Crippen LogP contribution in [0.2, 0.25) is 0 Å². The maximum Gasteiger partial charge on any atom is 0.261 e. The molecule has 2 aromatic heterocycles. The van der Waals surface area contributed by atoms with E-state index < -0.39 is 0 Å². The number of nitrogens with one attached hydrogen (secondary N) is 2. The molecule has 2 heterocycles. The largest absolute Gasteiger partial charge is 0.491 e. The van der Waals surface area contributed by atoms with E-state index in [1.165, 1.54) is 6.20 Å². The SMILES string of the molecule is N[C@H](COc1ccncc1C(=O)Nc1ccc2[nH]ncc2c1)Cc1ccccc1. The molecule has 4 aromatic rings. The van der Waals surface area contributed by atoms with Crippen LogP contribution in [0.1, 0.15) is 15.9 Å². The van der Waals surface area contributed by atoms with Crippen LogP contribution in [0.15, 0.2) is 73.2 Å². The van der Waals surface area contributed by atoms with Gasteiger partial charge in [0.05, 0.1) is 17.3 Å². The summed E-state index contributed by atoms with van der Waals surface area (Å²) < 4.78 is 5.85. The van der Waals surface area contributed by atoms with Crippen LogP contribution in [0.25, 0.3) is 10.9 Å². The molecule has 146 valence electrons. The van der Waals surface area contributed by atoms with Crippen LogP contribution in [0, 0.1) is 0 Å². The van der Waals surface area contributed by atoms with Crippen LogP contribution in [0.3, 0.4) is 0 Å². The van der Waals surface area contributed by atoms with Gasteiger partial charge >= 0.3 is 0 Å². The Bertz CT molecular complexity index is 1110. The summed E-state index contributed by atoms with van der Waals surface area (Å²) >= 11 is 0. The molecule has 0 radical (unpaired) electrons. The Morgan fingerprint density at radius 2 is 2.00 bits per heavy atom. The molecule has 7 heteroatoms. The van der Waals surface area contributed by atoms with Crippen molar-refractivity contribution in [3.05, 3.63) is 84.3 Å². The van der Waals surface area contributed by atoms with Gasteiger partial charge in [0.25, 0.3) is 5.91 Å². The summed E-state index contributed by atoms with van der Waals surface area (Å²) in [6.07, 6.45) is 5.48. The number of carbonyl (C=O) groups is 1. The van der Waals surface area contributed by atoms with Crippen molar-refractivity contribution in [1.29, 1.82) is 0 Å². The van der Waals surface area contributed by atoms with Gasteiger partial charge in [0.15, 0.2) is 0 Å². The number of amides is 1. The predicted octanol–water partition coefficient (Wildman–Crippen LogP) is 3.16. The van der Waals surface area contributed by atoms with Crippen molar-refractivity contribution >= 4 is 22.5 Å². The van der Waals surface area contributed by atoms with Crippen LogP contribution >= 0.6 is 0 Å².